The Kier molecular flexibility index (Phi) is 4.51. The lowest BCUT2D eigenvalue weighted by molar-refractivity contribution is -0.121. The molecule has 1 unspecified atom stereocenters. The van der Waals surface area contributed by atoms with E-state index in [2.05, 4.69) is 5.32 Å². The van der Waals surface area contributed by atoms with Gasteiger partial charge in [-0.3, -0.25) is 4.79 Å². The summed E-state index contributed by atoms with van der Waals surface area (Å²) in [5.74, 6) is -1.35. The van der Waals surface area contributed by atoms with Crippen molar-refractivity contribution in [3.05, 3.63) is 35.4 Å². The molecular formula is C15H19F2NO. The maximum absolute atomic E-state index is 13.4. The van der Waals surface area contributed by atoms with E-state index in [1.54, 1.807) is 13.1 Å². The van der Waals surface area contributed by atoms with Gasteiger partial charge in [0.15, 0.2) is 11.6 Å². The van der Waals surface area contributed by atoms with Crippen LogP contribution in [0, 0.1) is 17.6 Å². The van der Waals surface area contributed by atoms with Gasteiger partial charge in [-0.1, -0.05) is 18.9 Å². The number of amides is 1. The Morgan fingerprint density at radius 2 is 2.00 bits per heavy atom. The van der Waals surface area contributed by atoms with E-state index in [-0.39, 0.29) is 11.8 Å². The number of carbonyl (C=O) groups is 1. The molecule has 1 aromatic rings. The third-order valence-electron chi connectivity index (χ3n) is 4.02. The maximum atomic E-state index is 13.4. The molecule has 0 radical (unpaired) electrons. The van der Waals surface area contributed by atoms with Crippen molar-refractivity contribution in [2.75, 3.05) is 7.05 Å². The highest BCUT2D eigenvalue weighted by Crippen LogP contribution is 2.39. The van der Waals surface area contributed by atoms with Crippen LogP contribution < -0.4 is 5.32 Å². The van der Waals surface area contributed by atoms with Crippen molar-refractivity contribution in [1.82, 2.24) is 5.32 Å². The normalized spacial score (nSPS) is 17.4. The zero-order valence-corrected chi connectivity index (χ0v) is 11.1. The first-order valence-corrected chi connectivity index (χ1v) is 6.77. The number of hydrogen-bond donors (Lipinski definition) is 1. The number of halogens is 2. The highest BCUT2D eigenvalue weighted by Gasteiger charge is 2.28. The average molecular weight is 267 g/mol. The lowest BCUT2D eigenvalue weighted by Gasteiger charge is -2.23. The van der Waals surface area contributed by atoms with E-state index in [4.69, 9.17) is 0 Å². The van der Waals surface area contributed by atoms with Crippen LogP contribution in [0.25, 0.3) is 0 Å². The van der Waals surface area contributed by atoms with Crippen molar-refractivity contribution in [2.24, 2.45) is 5.92 Å². The Morgan fingerprint density at radius 1 is 1.32 bits per heavy atom. The first-order chi connectivity index (χ1) is 9.11. The smallest absolute Gasteiger partial charge is 0.220 e. The Morgan fingerprint density at radius 3 is 2.58 bits per heavy atom. The molecule has 1 N–H and O–H groups in total. The van der Waals surface area contributed by atoms with E-state index in [0.29, 0.717) is 12.3 Å². The molecule has 1 saturated carbocycles. The summed E-state index contributed by atoms with van der Waals surface area (Å²) < 4.78 is 26.4. The van der Waals surface area contributed by atoms with E-state index in [0.717, 1.165) is 37.3 Å². The molecule has 0 aliphatic heterocycles. The first-order valence-electron chi connectivity index (χ1n) is 6.77. The predicted octanol–water partition coefficient (Wildman–Crippen LogP) is 3.37. The molecule has 19 heavy (non-hydrogen) atoms. The summed E-state index contributed by atoms with van der Waals surface area (Å²) in [5, 5.41) is 2.61. The second-order valence-electron chi connectivity index (χ2n) is 5.20. The molecule has 2 rings (SSSR count). The monoisotopic (exact) mass is 267 g/mol. The van der Waals surface area contributed by atoms with Gasteiger partial charge < -0.3 is 5.32 Å². The first kappa shape index (κ1) is 14.0. The van der Waals surface area contributed by atoms with Crippen LogP contribution in [-0.4, -0.2) is 13.0 Å². The second-order valence-corrected chi connectivity index (χ2v) is 5.20. The van der Waals surface area contributed by atoms with Gasteiger partial charge in [0.25, 0.3) is 0 Å². The van der Waals surface area contributed by atoms with E-state index in [9.17, 15) is 13.6 Å². The lowest BCUT2D eigenvalue weighted by Crippen LogP contribution is -2.23. The molecule has 1 amide bonds. The van der Waals surface area contributed by atoms with Crippen molar-refractivity contribution in [2.45, 2.75) is 38.0 Å². The number of nitrogens with one attached hydrogen (secondary N) is 1. The maximum Gasteiger partial charge on any atom is 0.220 e. The van der Waals surface area contributed by atoms with E-state index >= 15 is 0 Å². The van der Waals surface area contributed by atoms with Crippen LogP contribution in [0.4, 0.5) is 8.78 Å². The van der Waals surface area contributed by atoms with Crippen LogP contribution in [-0.2, 0) is 4.79 Å². The average Bonchev–Trinajstić information content (AvgIpc) is 2.92. The van der Waals surface area contributed by atoms with Crippen molar-refractivity contribution in [1.29, 1.82) is 0 Å². The Balaban J connectivity index is 2.24. The number of hydrogen-bond acceptors (Lipinski definition) is 1. The summed E-state index contributed by atoms with van der Waals surface area (Å²) in [6.45, 7) is 0. The second kappa shape index (κ2) is 6.13. The summed E-state index contributed by atoms with van der Waals surface area (Å²) in [7, 11) is 1.60. The molecule has 0 saturated heterocycles. The van der Waals surface area contributed by atoms with Crippen molar-refractivity contribution in [3.63, 3.8) is 0 Å². The predicted molar refractivity (Wildman–Crippen MR) is 69.7 cm³/mol. The van der Waals surface area contributed by atoms with Crippen LogP contribution in [0.2, 0.25) is 0 Å². The van der Waals surface area contributed by atoms with Gasteiger partial charge >= 0.3 is 0 Å². The molecule has 1 atom stereocenters. The highest BCUT2D eigenvalue weighted by molar-refractivity contribution is 5.76. The minimum atomic E-state index is -0.839. The molecule has 0 bridgehead atoms. The van der Waals surface area contributed by atoms with Crippen molar-refractivity contribution < 1.29 is 13.6 Å². The summed E-state index contributed by atoms with van der Waals surface area (Å²) >= 11 is 0. The Bertz CT molecular complexity index is 455. The molecule has 0 heterocycles. The molecule has 0 aromatic heterocycles. The van der Waals surface area contributed by atoms with Crippen LogP contribution in [0.15, 0.2) is 18.2 Å². The van der Waals surface area contributed by atoms with Gasteiger partial charge in [-0.2, -0.15) is 0 Å². The van der Waals surface area contributed by atoms with Crippen molar-refractivity contribution >= 4 is 5.91 Å². The molecule has 1 aromatic carbocycles. The quantitative estimate of drug-likeness (QED) is 0.890. The zero-order valence-electron chi connectivity index (χ0n) is 11.1. The number of carbonyl (C=O) groups excluding carboxylic acids is 1. The number of rotatable bonds is 4. The topological polar surface area (TPSA) is 29.1 Å². The van der Waals surface area contributed by atoms with E-state index in [1.165, 1.54) is 6.07 Å². The molecular weight excluding hydrogens is 248 g/mol. The van der Waals surface area contributed by atoms with Gasteiger partial charge in [0, 0.05) is 13.5 Å². The summed E-state index contributed by atoms with van der Waals surface area (Å²) in [5.41, 5.74) is 0.731. The van der Waals surface area contributed by atoms with Gasteiger partial charge in [0.1, 0.15) is 0 Å². The van der Waals surface area contributed by atoms with Crippen LogP contribution in [0.3, 0.4) is 0 Å². The lowest BCUT2D eigenvalue weighted by atomic mass is 9.82. The summed E-state index contributed by atoms with van der Waals surface area (Å²) in [4.78, 5) is 11.6. The van der Waals surface area contributed by atoms with Gasteiger partial charge in [0.05, 0.1) is 0 Å². The van der Waals surface area contributed by atoms with E-state index < -0.39 is 11.6 Å². The Labute approximate surface area is 112 Å². The third kappa shape index (κ3) is 3.31. The minimum Gasteiger partial charge on any atom is -0.359 e. The molecule has 1 aliphatic rings. The standard InChI is InChI=1S/C15H19F2NO/c1-18-15(19)9-12(10-4-2-3-5-10)11-6-7-13(16)14(17)8-11/h6-8,10,12H,2-5,9H2,1H3,(H,18,19). The SMILES string of the molecule is CNC(=O)CC(c1ccc(F)c(F)c1)C1CCCC1. The van der Waals surface area contributed by atoms with E-state index in [1.807, 2.05) is 0 Å². The molecule has 104 valence electrons. The van der Waals surface area contributed by atoms with Crippen LogP contribution in [0.5, 0.6) is 0 Å². The van der Waals surface area contributed by atoms with Gasteiger partial charge in [-0.25, -0.2) is 8.78 Å². The van der Waals surface area contributed by atoms with Crippen LogP contribution in [0.1, 0.15) is 43.6 Å². The fourth-order valence-electron chi connectivity index (χ4n) is 2.96. The largest absolute Gasteiger partial charge is 0.359 e. The van der Waals surface area contributed by atoms with Crippen molar-refractivity contribution in [3.8, 4) is 0 Å². The molecule has 2 nitrogen and oxygen atoms in total. The fourth-order valence-corrected chi connectivity index (χ4v) is 2.96. The molecule has 0 spiro atoms. The molecule has 1 fully saturated rings. The van der Waals surface area contributed by atoms with Gasteiger partial charge in [-0.05, 0) is 42.4 Å². The highest BCUT2D eigenvalue weighted by atomic mass is 19.2. The molecule has 1 aliphatic carbocycles. The van der Waals surface area contributed by atoms with Crippen LogP contribution >= 0.6 is 0 Å². The molecule has 4 heteroatoms. The minimum absolute atomic E-state index is 0.0162. The summed E-state index contributed by atoms with van der Waals surface area (Å²) in [6, 6.07) is 3.99. The van der Waals surface area contributed by atoms with Gasteiger partial charge in [0.2, 0.25) is 5.91 Å². The number of benzene rings is 1. The Hall–Kier alpha value is -1.45. The third-order valence-corrected chi connectivity index (χ3v) is 4.02. The fraction of sp³-hybridized carbons (Fsp3) is 0.533. The van der Waals surface area contributed by atoms with Gasteiger partial charge in [-0.15, -0.1) is 0 Å². The summed E-state index contributed by atoms with van der Waals surface area (Å²) in [6.07, 6.45) is 4.75. The zero-order chi connectivity index (χ0) is 13.8.